The molecule has 0 aromatic heterocycles. The van der Waals surface area contributed by atoms with Gasteiger partial charge in [-0.1, -0.05) is 25.5 Å². The summed E-state index contributed by atoms with van der Waals surface area (Å²) in [6.45, 7) is 2.37. The molecule has 5 N–H and O–H groups in total. The number of carbonyl (C=O) groups excluding carboxylic acids is 2. The molecule has 0 radical (unpaired) electrons. The Hall–Kier alpha value is -2.08. The Morgan fingerprint density at radius 2 is 1.90 bits per heavy atom. The van der Waals surface area contributed by atoms with Gasteiger partial charge in [0.1, 0.15) is 5.75 Å². The number of hydrogen-bond acceptors (Lipinski definition) is 4. The van der Waals surface area contributed by atoms with Gasteiger partial charge in [0.25, 0.3) is 0 Å². The predicted octanol–water partition coefficient (Wildman–Crippen LogP) is 0.376. The molecule has 1 aromatic rings. The first kappa shape index (κ1) is 17.0. The van der Waals surface area contributed by atoms with Gasteiger partial charge in [-0.3, -0.25) is 9.59 Å². The number of aromatic hydroxyl groups is 1. The van der Waals surface area contributed by atoms with Crippen LogP contribution in [0.4, 0.5) is 0 Å². The Balaban J connectivity index is 2.67. The highest BCUT2D eigenvalue weighted by atomic mass is 16.3. The van der Waals surface area contributed by atoms with Crippen molar-refractivity contribution in [2.45, 2.75) is 32.2 Å². The van der Waals surface area contributed by atoms with Crippen LogP contribution in [0.3, 0.4) is 0 Å². The van der Waals surface area contributed by atoms with Crippen LogP contribution in [0.1, 0.15) is 25.3 Å². The van der Waals surface area contributed by atoms with E-state index in [1.807, 2.05) is 6.92 Å². The standard InChI is InChI=1S/C15H23N3O3/c1-2-3-8-18(10-14(17)20)15(21)13(16)9-11-4-6-12(19)7-5-11/h4-7,13,19H,2-3,8-10,16H2,1H3,(H2,17,20)/t13-/m0/s1. The molecule has 0 aliphatic heterocycles. The minimum atomic E-state index is -0.731. The van der Waals surface area contributed by atoms with Crippen LogP contribution in [0, 0.1) is 0 Å². The third kappa shape index (κ3) is 5.83. The van der Waals surface area contributed by atoms with E-state index >= 15 is 0 Å². The Morgan fingerprint density at radius 3 is 2.43 bits per heavy atom. The first-order valence-corrected chi connectivity index (χ1v) is 7.04. The van der Waals surface area contributed by atoms with Crippen molar-refractivity contribution in [3.63, 3.8) is 0 Å². The maximum Gasteiger partial charge on any atom is 0.240 e. The Labute approximate surface area is 124 Å². The molecular formula is C15H23N3O3. The number of phenols is 1. The number of rotatable bonds is 8. The minimum Gasteiger partial charge on any atom is -0.508 e. The van der Waals surface area contributed by atoms with Crippen LogP contribution in [0.15, 0.2) is 24.3 Å². The molecule has 0 heterocycles. The topological polar surface area (TPSA) is 110 Å². The summed E-state index contributed by atoms with van der Waals surface area (Å²) in [5.74, 6) is -0.663. The highest BCUT2D eigenvalue weighted by Crippen LogP contribution is 2.11. The van der Waals surface area contributed by atoms with E-state index in [0.29, 0.717) is 13.0 Å². The van der Waals surface area contributed by atoms with E-state index in [0.717, 1.165) is 18.4 Å². The third-order valence-corrected chi connectivity index (χ3v) is 3.15. The van der Waals surface area contributed by atoms with Gasteiger partial charge in [-0.15, -0.1) is 0 Å². The minimum absolute atomic E-state index is 0.109. The zero-order chi connectivity index (χ0) is 15.8. The number of nitrogens with two attached hydrogens (primary N) is 2. The van der Waals surface area contributed by atoms with Crippen LogP contribution in [0.2, 0.25) is 0 Å². The zero-order valence-corrected chi connectivity index (χ0v) is 12.3. The molecule has 0 spiro atoms. The maximum absolute atomic E-state index is 12.3. The molecule has 0 aliphatic rings. The van der Waals surface area contributed by atoms with Crippen molar-refractivity contribution in [1.29, 1.82) is 0 Å². The monoisotopic (exact) mass is 293 g/mol. The molecule has 0 fully saturated rings. The lowest BCUT2D eigenvalue weighted by Gasteiger charge is -2.24. The average Bonchev–Trinajstić information content (AvgIpc) is 2.44. The van der Waals surface area contributed by atoms with Gasteiger partial charge < -0.3 is 21.5 Å². The van der Waals surface area contributed by atoms with Crippen LogP contribution in [-0.2, 0) is 16.0 Å². The normalized spacial score (nSPS) is 11.9. The summed E-state index contributed by atoms with van der Waals surface area (Å²) >= 11 is 0. The van der Waals surface area contributed by atoms with Gasteiger partial charge in [-0.25, -0.2) is 0 Å². The van der Waals surface area contributed by atoms with Crippen LogP contribution in [-0.4, -0.2) is 41.0 Å². The van der Waals surface area contributed by atoms with Crippen molar-refractivity contribution in [3.05, 3.63) is 29.8 Å². The molecule has 21 heavy (non-hydrogen) atoms. The summed E-state index contributed by atoms with van der Waals surface area (Å²) in [7, 11) is 0. The van der Waals surface area contributed by atoms with Crippen LogP contribution >= 0.6 is 0 Å². The van der Waals surface area contributed by atoms with Gasteiger partial charge >= 0.3 is 0 Å². The SMILES string of the molecule is CCCCN(CC(N)=O)C(=O)[C@@H](N)Cc1ccc(O)cc1. The van der Waals surface area contributed by atoms with E-state index in [4.69, 9.17) is 11.5 Å². The largest absolute Gasteiger partial charge is 0.508 e. The summed E-state index contributed by atoms with van der Waals surface area (Å²) in [5, 5.41) is 9.23. The molecule has 1 aromatic carbocycles. The number of carbonyl (C=O) groups is 2. The molecule has 0 bridgehead atoms. The second-order valence-electron chi connectivity index (χ2n) is 5.06. The number of benzene rings is 1. The van der Waals surface area contributed by atoms with Gasteiger partial charge in [0.15, 0.2) is 0 Å². The molecule has 1 atom stereocenters. The summed E-state index contributed by atoms with van der Waals surface area (Å²) < 4.78 is 0. The van der Waals surface area contributed by atoms with E-state index < -0.39 is 11.9 Å². The van der Waals surface area contributed by atoms with E-state index in [1.54, 1.807) is 24.3 Å². The maximum atomic E-state index is 12.3. The Bertz CT molecular complexity index is 474. The van der Waals surface area contributed by atoms with Crippen molar-refractivity contribution < 1.29 is 14.7 Å². The van der Waals surface area contributed by atoms with Crippen molar-refractivity contribution in [3.8, 4) is 5.75 Å². The smallest absolute Gasteiger partial charge is 0.240 e. The first-order valence-electron chi connectivity index (χ1n) is 7.04. The van der Waals surface area contributed by atoms with Gasteiger partial charge in [-0.2, -0.15) is 0 Å². The Kier molecular flexibility index (Phi) is 6.68. The number of unbranched alkanes of at least 4 members (excludes halogenated alkanes) is 1. The summed E-state index contributed by atoms with van der Waals surface area (Å²) in [5.41, 5.74) is 12.0. The van der Waals surface area contributed by atoms with E-state index in [1.165, 1.54) is 4.90 Å². The molecule has 1 rings (SSSR count). The van der Waals surface area contributed by atoms with Crippen LogP contribution < -0.4 is 11.5 Å². The zero-order valence-electron chi connectivity index (χ0n) is 12.3. The second-order valence-corrected chi connectivity index (χ2v) is 5.06. The Morgan fingerprint density at radius 1 is 1.29 bits per heavy atom. The summed E-state index contributed by atoms with van der Waals surface area (Å²) in [4.78, 5) is 24.8. The second kappa shape index (κ2) is 8.26. The fourth-order valence-corrected chi connectivity index (χ4v) is 2.01. The molecule has 2 amide bonds. The van der Waals surface area contributed by atoms with Gasteiger partial charge in [0.2, 0.25) is 11.8 Å². The number of hydrogen-bond donors (Lipinski definition) is 3. The molecule has 6 heteroatoms. The van der Waals surface area contributed by atoms with Crippen molar-refractivity contribution in [2.75, 3.05) is 13.1 Å². The highest BCUT2D eigenvalue weighted by molar-refractivity contribution is 5.87. The van der Waals surface area contributed by atoms with Crippen molar-refractivity contribution in [2.24, 2.45) is 11.5 Å². The summed E-state index contributed by atoms with van der Waals surface area (Å²) in [6.07, 6.45) is 2.06. The molecular weight excluding hydrogens is 270 g/mol. The van der Waals surface area contributed by atoms with Crippen molar-refractivity contribution in [1.82, 2.24) is 4.90 Å². The number of primary amides is 1. The predicted molar refractivity (Wildman–Crippen MR) is 80.5 cm³/mol. The summed E-state index contributed by atoms with van der Waals surface area (Å²) in [6, 6.07) is 5.79. The molecule has 6 nitrogen and oxygen atoms in total. The number of phenolic OH excluding ortho intramolecular Hbond substituents is 1. The van der Waals surface area contributed by atoms with Crippen molar-refractivity contribution >= 4 is 11.8 Å². The number of amides is 2. The lowest BCUT2D eigenvalue weighted by molar-refractivity contribution is -0.136. The average molecular weight is 293 g/mol. The quantitative estimate of drug-likeness (QED) is 0.643. The molecule has 0 saturated carbocycles. The number of nitrogens with zero attached hydrogens (tertiary/aromatic N) is 1. The van der Waals surface area contributed by atoms with Gasteiger partial charge in [0, 0.05) is 6.54 Å². The fraction of sp³-hybridized carbons (Fsp3) is 0.467. The fourth-order valence-electron chi connectivity index (χ4n) is 2.01. The lowest BCUT2D eigenvalue weighted by atomic mass is 10.1. The highest BCUT2D eigenvalue weighted by Gasteiger charge is 2.22. The first-order chi connectivity index (χ1) is 9.93. The van der Waals surface area contributed by atoms with Gasteiger partial charge in [-0.05, 0) is 30.5 Å². The van der Waals surface area contributed by atoms with Crippen LogP contribution in [0.25, 0.3) is 0 Å². The lowest BCUT2D eigenvalue weighted by Crippen LogP contribution is -2.48. The molecule has 0 saturated heterocycles. The molecule has 0 aliphatic carbocycles. The van der Waals surface area contributed by atoms with E-state index in [-0.39, 0.29) is 18.2 Å². The third-order valence-electron chi connectivity index (χ3n) is 3.15. The van der Waals surface area contributed by atoms with E-state index in [2.05, 4.69) is 0 Å². The van der Waals surface area contributed by atoms with Crippen LogP contribution in [0.5, 0.6) is 5.75 Å². The van der Waals surface area contributed by atoms with E-state index in [9.17, 15) is 14.7 Å². The van der Waals surface area contributed by atoms with Gasteiger partial charge in [0.05, 0.1) is 12.6 Å². The molecule has 0 unspecified atom stereocenters. The molecule has 116 valence electrons.